The van der Waals surface area contributed by atoms with Gasteiger partial charge in [0.1, 0.15) is 6.23 Å². The van der Waals surface area contributed by atoms with E-state index in [1.165, 1.54) is 16.2 Å². The summed E-state index contributed by atoms with van der Waals surface area (Å²) in [6.45, 7) is 1.81. The molecule has 178 valence electrons. The van der Waals surface area contributed by atoms with Crippen LogP contribution in [0.15, 0.2) is 78.0 Å². The summed E-state index contributed by atoms with van der Waals surface area (Å²) < 4.78 is 1.52. The molecular formula is C27H32N4O3. The molecule has 4 N–H and O–H groups in total. The lowest BCUT2D eigenvalue weighted by Crippen LogP contribution is -2.41. The molecule has 34 heavy (non-hydrogen) atoms. The van der Waals surface area contributed by atoms with Crippen LogP contribution in [0, 0.1) is 0 Å². The molecule has 1 saturated carbocycles. The first kappa shape index (κ1) is 22.8. The van der Waals surface area contributed by atoms with Crippen molar-refractivity contribution in [3.63, 3.8) is 0 Å². The third-order valence-corrected chi connectivity index (χ3v) is 7.57. The van der Waals surface area contributed by atoms with E-state index in [1.54, 1.807) is 30.7 Å². The van der Waals surface area contributed by atoms with E-state index in [-0.39, 0.29) is 17.0 Å². The van der Waals surface area contributed by atoms with E-state index in [4.69, 9.17) is 0 Å². The Labute approximate surface area is 199 Å². The van der Waals surface area contributed by atoms with Crippen molar-refractivity contribution < 1.29 is 10.2 Å². The fourth-order valence-corrected chi connectivity index (χ4v) is 5.33. The molecule has 0 amide bonds. The molecule has 2 aliphatic rings. The number of anilines is 1. The van der Waals surface area contributed by atoms with E-state index < -0.39 is 18.4 Å². The van der Waals surface area contributed by atoms with Gasteiger partial charge in [-0.05, 0) is 62.4 Å². The lowest BCUT2D eigenvalue weighted by molar-refractivity contribution is 0.133. The molecule has 3 heterocycles. The van der Waals surface area contributed by atoms with Crippen LogP contribution >= 0.6 is 0 Å². The minimum Gasteiger partial charge on any atom is -0.387 e. The third-order valence-electron chi connectivity index (χ3n) is 7.57. The summed E-state index contributed by atoms with van der Waals surface area (Å²) in [6.07, 6.45) is 7.92. The van der Waals surface area contributed by atoms with Gasteiger partial charge in [0, 0.05) is 53.4 Å². The topological polar surface area (TPSA) is 99.4 Å². The summed E-state index contributed by atoms with van der Waals surface area (Å²) in [6, 6.07) is 17.0. The quantitative estimate of drug-likeness (QED) is 0.386. The molecule has 5 atom stereocenters. The third kappa shape index (κ3) is 4.39. The Morgan fingerprint density at radius 3 is 2.56 bits per heavy atom. The molecule has 0 spiro atoms. The van der Waals surface area contributed by atoms with Gasteiger partial charge in [-0.2, -0.15) is 0 Å². The SMILES string of the molecule is C[C@@H](C(O)Nc1ccc(C2([C@@H]3CC[C@H]([C@H](O)c4cccnc4)N3)CC2)cc1)n1ccccc1=O. The Morgan fingerprint density at radius 2 is 1.88 bits per heavy atom. The predicted molar refractivity (Wildman–Crippen MR) is 132 cm³/mol. The molecule has 7 heteroatoms. The zero-order valence-electron chi connectivity index (χ0n) is 19.3. The maximum Gasteiger partial charge on any atom is 0.250 e. The minimum atomic E-state index is -0.896. The second-order valence-corrected chi connectivity index (χ2v) is 9.64. The zero-order valence-corrected chi connectivity index (χ0v) is 19.3. The average Bonchev–Trinajstić information content (AvgIpc) is 3.53. The Hall–Kier alpha value is -3.00. The molecule has 3 aromatic rings. The molecule has 1 aromatic carbocycles. The van der Waals surface area contributed by atoms with Crippen molar-refractivity contribution in [3.05, 3.63) is 94.7 Å². The highest BCUT2D eigenvalue weighted by atomic mass is 16.3. The summed E-state index contributed by atoms with van der Waals surface area (Å²) in [4.78, 5) is 16.2. The van der Waals surface area contributed by atoms with Gasteiger partial charge in [-0.25, -0.2) is 0 Å². The molecule has 1 aliphatic carbocycles. The maximum absolute atomic E-state index is 12.1. The molecule has 1 aliphatic heterocycles. The van der Waals surface area contributed by atoms with Crippen LogP contribution in [0.1, 0.15) is 55.9 Å². The standard InChI is InChI=1S/C27H32N4O3/c1-18(31-16-3-2-6-24(31)32)26(34)29-21-9-7-20(8-10-21)27(13-14-27)23-12-11-22(30-23)25(33)19-5-4-15-28-17-19/h2-10,15-18,22-23,25-26,29-30,33-34H,11-14H2,1H3/t18-,22+,23-,25+,26?/m0/s1. The van der Waals surface area contributed by atoms with Crippen LogP contribution in [0.3, 0.4) is 0 Å². The molecule has 1 saturated heterocycles. The lowest BCUT2D eigenvalue weighted by atomic mass is 9.87. The van der Waals surface area contributed by atoms with Crippen molar-refractivity contribution in [2.45, 2.75) is 68.5 Å². The van der Waals surface area contributed by atoms with E-state index in [2.05, 4.69) is 27.8 Å². The number of nitrogens with one attached hydrogen (secondary N) is 2. The van der Waals surface area contributed by atoms with Gasteiger partial charge in [0.05, 0.1) is 12.1 Å². The van der Waals surface area contributed by atoms with E-state index in [0.717, 1.165) is 36.9 Å². The number of aliphatic hydroxyl groups excluding tert-OH is 2. The molecule has 2 aromatic heterocycles. The molecule has 0 radical (unpaired) electrons. The molecule has 1 unspecified atom stereocenters. The van der Waals surface area contributed by atoms with Crippen LogP contribution in [0.4, 0.5) is 5.69 Å². The van der Waals surface area contributed by atoms with E-state index >= 15 is 0 Å². The first-order valence-corrected chi connectivity index (χ1v) is 12.0. The minimum absolute atomic E-state index is 0.0330. The number of aromatic nitrogens is 2. The van der Waals surface area contributed by atoms with Crippen molar-refractivity contribution >= 4 is 5.69 Å². The van der Waals surface area contributed by atoms with Crippen LogP contribution in [0.2, 0.25) is 0 Å². The summed E-state index contributed by atoms with van der Waals surface area (Å²) in [5.41, 5.74) is 2.91. The predicted octanol–water partition coefficient (Wildman–Crippen LogP) is 3.12. The van der Waals surface area contributed by atoms with Crippen molar-refractivity contribution in [3.8, 4) is 0 Å². The van der Waals surface area contributed by atoms with Crippen molar-refractivity contribution in [2.75, 3.05) is 5.32 Å². The Bertz CT molecular complexity index is 1160. The van der Waals surface area contributed by atoms with Gasteiger partial charge in [-0.1, -0.05) is 24.3 Å². The Morgan fingerprint density at radius 1 is 1.09 bits per heavy atom. The van der Waals surface area contributed by atoms with Gasteiger partial charge < -0.3 is 25.4 Å². The van der Waals surface area contributed by atoms with Crippen LogP contribution in [-0.2, 0) is 5.41 Å². The van der Waals surface area contributed by atoms with Crippen LogP contribution < -0.4 is 16.2 Å². The van der Waals surface area contributed by atoms with Gasteiger partial charge in [0.25, 0.3) is 5.56 Å². The average molecular weight is 461 g/mol. The fourth-order valence-electron chi connectivity index (χ4n) is 5.33. The molecule has 7 nitrogen and oxygen atoms in total. The Kier molecular flexibility index (Phi) is 6.25. The Balaban J connectivity index is 1.23. The van der Waals surface area contributed by atoms with Gasteiger partial charge in [0.2, 0.25) is 0 Å². The summed E-state index contributed by atoms with van der Waals surface area (Å²) in [7, 11) is 0. The highest BCUT2D eigenvalue weighted by Gasteiger charge is 2.53. The number of hydrogen-bond acceptors (Lipinski definition) is 6. The molecular weight excluding hydrogens is 428 g/mol. The van der Waals surface area contributed by atoms with Crippen LogP contribution in [0.25, 0.3) is 0 Å². The first-order valence-electron chi connectivity index (χ1n) is 12.0. The normalized spacial score (nSPS) is 23.7. The monoisotopic (exact) mass is 460 g/mol. The van der Waals surface area contributed by atoms with Crippen molar-refractivity contribution in [1.82, 2.24) is 14.9 Å². The highest BCUT2D eigenvalue weighted by molar-refractivity contribution is 5.48. The summed E-state index contributed by atoms with van der Waals surface area (Å²) in [5, 5.41) is 28.3. The van der Waals surface area contributed by atoms with E-state index in [0.29, 0.717) is 6.04 Å². The first-order chi connectivity index (χ1) is 16.5. The molecule has 5 rings (SSSR count). The highest BCUT2D eigenvalue weighted by Crippen LogP contribution is 2.54. The number of rotatable bonds is 8. The molecule has 0 bridgehead atoms. The van der Waals surface area contributed by atoms with E-state index in [9.17, 15) is 15.0 Å². The number of nitrogens with zero attached hydrogens (tertiary/aromatic N) is 2. The maximum atomic E-state index is 12.1. The number of hydrogen-bond donors (Lipinski definition) is 4. The fraction of sp³-hybridized carbons (Fsp3) is 0.407. The largest absolute Gasteiger partial charge is 0.387 e. The number of pyridine rings is 2. The van der Waals surface area contributed by atoms with Gasteiger partial charge >= 0.3 is 0 Å². The zero-order chi connectivity index (χ0) is 23.7. The van der Waals surface area contributed by atoms with Gasteiger partial charge in [-0.3, -0.25) is 9.78 Å². The second-order valence-electron chi connectivity index (χ2n) is 9.64. The van der Waals surface area contributed by atoms with Crippen LogP contribution in [-0.4, -0.2) is 38.1 Å². The molecule has 2 fully saturated rings. The van der Waals surface area contributed by atoms with E-state index in [1.807, 2.05) is 31.2 Å². The smallest absolute Gasteiger partial charge is 0.250 e. The van der Waals surface area contributed by atoms with Crippen LogP contribution in [0.5, 0.6) is 0 Å². The van der Waals surface area contributed by atoms with Crippen molar-refractivity contribution in [1.29, 1.82) is 0 Å². The lowest BCUT2D eigenvalue weighted by Gasteiger charge is -2.27. The van der Waals surface area contributed by atoms with Crippen molar-refractivity contribution in [2.24, 2.45) is 0 Å². The second kappa shape index (κ2) is 9.33. The number of benzene rings is 1. The van der Waals surface area contributed by atoms with Gasteiger partial charge in [0.15, 0.2) is 0 Å². The number of aliphatic hydroxyl groups is 2. The van der Waals surface area contributed by atoms with Gasteiger partial charge in [-0.15, -0.1) is 0 Å². The summed E-state index contributed by atoms with van der Waals surface area (Å²) in [5.74, 6) is 0. The summed E-state index contributed by atoms with van der Waals surface area (Å²) >= 11 is 0.